The van der Waals surface area contributed by atoms with Crippen molar-refractivity contribution in [2.45, 2.75) is 31.7 Å². The maximum absolute atomic E-state index is 12.9. The Bertz CT molecular complexity index is 1160. The number of amides is 1. The number of rotatable bonds is 7. The SMILES string of the molecule is Cc1ccc(S(=O)(=O)N(C)CC(=O)NC(c2ccccc2)c2ccc(C)cc2C)cc1. The molecule has 1 amide bonds. The van der Waals surface area contributed by atoms with Gasteiger partial charge in [-0.15, -0.1) is 0 Å². The Morgan fingerprint density at radius 3 is 2.13 bits per heavy atom. The monoisotopic (exact) mass is 436 g/mol. The first-order valence-electron chi connectivity index (χ1n) is 10.1. The van der Waals surface area contributed by atoms with Gasteiger partial charge in [-0.1, -0.05) is 71.8 Å². The minimum absolute atomic E-state index is 0.169. The zero-order valence-electron chi connectivity index (χ0n) is 18.3. The first kappa shape index (κ1) is 22.7. The van der Waals surface area contributed by atoms with E-state index in [0.717, 1.165) is 32.1 Å². The fourth-order valence-corrected chi connectivity index (χ4v) is 4.65. The number of nitrogens with zero attached hydrogens (tertiary/aromatic N) is 1. The normalized spacial score (nSPS) is 12.5. The highest BCUT2D eigenvalue weighted by atomic mass is 32.2. The van der Waals surface area contributed by atoms with Crippen LogP contribution in [0.3, 0.4) is 0 Å². The van der Waals surface area contributed by atoms with Crippen LogP contribution in [-0.2, 0) is 14.8 Å². The van der Waals surface area contributed by atoms with E-state index in [1.807, 2.05) is 63.2 Å². The van der Waals surface area contributed by atoms with Gasteiger partial charge in [0, 0.05) is 7.05 Å². The number of likely N-dealkylation sites (N-methyl/N-ethyl adjacent to an activating group) is 1. The van der Waals surface area contributed by atoms with Gasteiger partial charge < -0.3 is 5.32 Å². The molecule has 1 atom stereocenters. The number of hydrogen-bond donors (Lipinski definition) is 1. The van der Waals surface area contributed by atoms with Crippen molar-refractivity contribution in [3.8, 4) is 0 Å². The smallest absolute Gasteiger partial charge is 0.243 e. The topological polar surface area (TPSA) is 66.5 Å². The number of carbonyl (C=O) groups is 1. The predicted octanol–water partition coefficient (Wildman–Crippen LogP) is 4.14. The Labute approximate surface area is 184 Å². The van der Waals surface area contributed by atoms with E-state index in [1.54, 1.807) is 24.3 Å². The molecule has 0 bridgehead atoms. The Morgan fingerprint density at radius 1 is 0.903 bits per heavy atom. The van der Waals surface area contributed by atoms with Gasteiger partial charge in [0.15, 0.2) is 0 Å². The van der Waals surface area contributed by atoms with Crippen LogP contribution in [0.2, 0.25) is 0 Å². The predicted molar refractivity (Wildman–Crippen MR) is 123 cm³/mol. The molecule has 162 valence electrons. The molecule has 0 radical (unpaired) electrons. The minimum atomic E-state index is -3.76. The third-order valence-corrected chi connectivity index (χ3v) is 7.09. The molecule has 3 aromatic rings. The van der Waals surface area contributed by atoms with Crippen molar-refractivity contribution in [2.75, 3.05) is 13.6 Å². The standard InChI is InChI=1S/C25H28N2O3S/c1-18-10-13-22(14-11-18)31(29,30)27(4)17-24(28)26-25(21-8-6-5-7-9-21)23-15-12-19(2)16-20(23)3/h5-16,25H,17H2,1-4H3,(H,26,28). The number of nitrogens with one attached hydrogen (secondary N) is 1. The van der Waals surface area contributed by atoms with Crippen molar-refractivity contribution in [1.82, 2.24) is 9.62 Å². The number of aryl methyl sites for hydroxylation is 3. The molecule has 0 aromatic heterocycles. The number of hydrogen-bond acceptors (Lipinski definition) is 3. The van der Waals surface area contributed by atoms with Crippen molar-refractivity contribution < 1.29 is 13.2 Å². The Morgan fingerprint density at radius 2 is 1.52 bits per heavy atom. The lowest BCUT2D eigenvalue weighted by Gasteiger charge is -2.24. The van der Waals surface area contributed by atoms with Crippen LogP contribution in [0.4, 0.5) is 0 Å². The molecule has 6 heteroatoms. The molecule has 1 N–H and O–H groups in total. The first-order valence-corrected chi connectivity index (χ1v) is 11.6. The first-order chi connectivity index (χ1) is 14.7. The zero-order chi connectivity index (χ0) is 22.6. The molecule has 0 fully saturated rings. The van der Waals surface area contributed by atoms with Crippen molar-refractivity contribution in [2.24, 2.45) is 0 Å². The van der Waals surface area contributed by atoms with Gasteiger partial charge in [0.05, 0.1) is 17.5 Å². The molecule has 5 nitrogen and oxygen atoms in total. The molecule has 3 rings (SSSR count). The fourth-order valence-electron chi connectivity index (χ4n) is 3.52. The summed E-state index contributed by atoms with van der Waals surface area (Å²) in [5.41, 5.74) is 5.10. The van der Waals surface area contributed by atoms with Crippen molar-refractivity contribution in [3.05, 3.63) is 101 Å². The average molecular weight is 437 g/mol. The second kappa shape index (κ2) is 9.45. The molecular formula is C25H28N2O3S. The van der Waals surface area contributed by atoms with E-state index in [0.29, 0.717) is 0 Å². The zero-order valence-corrected chi connectivity index (χ0v) is 19.1. The van der Waals surface area contributed by atoms with Crippen LogP contribution in [0.15, 0.2) is 77.7 Å². The van der Waals surface area contributed by atoms with E-state index in [2.05, 4.69) is 11.4 Å². The summed E-state index contributed by atoms with van der Waals surface area (Å²) in [6, 6.07) is 22.0. The van der Waals surface area contributed by atoms with Crippen LogP contribution < -0.4 is 5.32 Å². The highest BCUT2D eigenvalue weighted by Crippen LogP contribution is 2.26. The summed E-state index contributed by atoms with van der Waals surface area (Å²) in [5.74, 6) is -0.369. The molecule has 0 spiro atoms. The van der Waals surface area contributed by atoms with Crippen LogP contribution >= 0.6 is 0 Å². The lowest BCUT2D eigenvalue weighted by molar-refractivity contribution is -0.121. The maximum Gasteiger partial charge on any atom is 0.243 e. The Hall–Kier alpha value is -2.96. The van der Waals surface area contributed by atoms with E-state index in [9.17, 15) is 13.2 Å². The largest absolute Gasteiger partial charge is 0.344 e. The van der Waals surface area contributed by atoms with Crippen LogP contribution in [0.25, 0.3) is 0 Å². The molecule has 0 heterocycles. The molecule has 0 aliphatic carbocycles. The van der Waals surface area contributed by atoms with Crippen molar-refractivity contribution in [1.29, 1.82) is 0 Å². The maximum atomic E-state index is 12.9. The van der Waals surface area contributed by atoms with Crippen LogP contribution in [0, 0.1) is 20.8 Å². The van der Waals surface area contributed by atoms with Crippen LogP contribution in [-0.4, -0.2) is 32.2 Å². The van der Waals surface area contributed by atoms with E-state index in [4.69, 9.17) is 0 Å². The van der Waals surface area contributed by atoms with Crippen molar-refractivity contribution >= 4 is 15.9 Å². The Balaban J connectivity index is 1.83. The summed E-state index contributed by atoms with van der Waals surface area (Å²) >= 11 is 0. The summed E-state index contributed by atoms with van der Waals surface area (Å²) in [6.45, 7) is 5.66. The molecular weight excluding hydrogens is 408 g/mol. The summed E-state index contributed by atoms with van der Waals surface area (Å²) < 4.78 is 26.8. The summed E-state index contributed by atoms with van der Waals surface area (Å²) in [4.78, 5) is 13.1. The minimum Gasteiger partial charge on any atom is -0.344 e. The van der Waals surface area contributed by atoms with Gasteiger partial charge in [0.1, 0.15) is 0 Å². The fraction of sp³-hybridized carbons (Fsp3) is 0.240. The second-order valence-electron chi connectivity index (χ2n) is 7.85. The van der Waals surface area contributed by atoms with Gasteiger partial charge in [0.25, 0.3) is 0 Å². The van der Waals surface area contributed by atoms with Gasteiger partial charge in [-0.05, 0) is 49.6 Å². The molecule has 0 aliphatic rings. The van der Waals surface area contributed by atoms with E-state index in [-0.39, 0.29) is 23.4 Å². The summed E-state index contributed by atoms with van der Waals surface area (Å²) in [6.07, 6.45) is 0. The molecule has 31 heavy (non-hydrogen) atoms. The lowest BCUT2D eigenvalue weighted by atomic mass is 9.94. The van der Waals surface area contributed by atoms with E-state index < -0.39 is 10.0 Å². The van der Waals surface area contributed by atoms with Crippen molar-refractivity contribution in [3.63, 3.8) is 0 Å². The molecule has 3 aromatic carbocycles. The summed E-state index contributed by atoms with van der Waals surface area (Å²) in [5, 5.41) is 3.03. The van der Waals surface area contributed by atoms with E-state index >= 15 is 0 Å². The average Bonchev–Trinajstić information content (AvgIpc) is 2.73. The number of benzene rings is 3. The number of carbonyl (C=O) groups excluding carboxylic acids is 1. The summed E-state index contributed by atoms with van der Waals surface area (Å²) in [7, 11) is -2.34. The van der Waals surface area contributed by atoms with Crippen LogP contribution in [0.1, 0.15) is 33.9 Å². The highest BCUT2D eigenvalue weighted by Gasteiger charge is 2.25. The lowest BCUT2D eigenvalue weighted by Crippen LogP contribution is -2.40. The molecule has 0 saturated heterocycles. The Kier molecular flexibility index (Phi) is 6.93. The highest BCUT2D eigenvalue weighted by molar-refractivity contribution is 7.89. The molecule has 0 aliphatic heterocycles. The van der Waals surface area contributed by atoms with Gasteiger partial charge in [-0.2, -0.15) is 4.31 Å². The number of sulfonamides is 1. The van der Waals surface area contributed by atoms with Crippen LogP contribution in [0.5, 0.6) is 0 Å². The molecule has 0 saturated carbocycles. The van der Waals surface area contributed by atoms with Gasteiger partial charge in [0.2, 0.25) is 15.9 Å². The third kappa shape index (κ3) is 5.40. The van der Waals surface area contributed by atoms with Gasteiger partial charge >= 0.3 is 0 Å². The second-order valence-corrected chi connectivity index (χ2v) is 9.89. The third-order valence-electron chi connectivity index (χ3n) is 5.27. The van der Waals surface area contributed by atoms with Gasteiger partial charge in [-0.3, -0.25) is 4.79 Å². The molecule has 1 unspecified atom stereocenters. The van der Waals surface area contributed by atoms with E-state index in [1.165, 1.54) is 7.05 Å². The quantitative estimate of drug-likeness (QED) is 0.605. The van der Waals surface area contributed by atoms with Gasteiger partial charge in [-0.25, -0.2) is 8.42 Å².